The van der Waals surface area contributed by atoms with Gasteiger partial charge in [0.2, 0.25) is 0 Å². The van der Waals surface area contributed by atoms with Gasteiger partial charge < -0.3 is 10.5 Å². The highest BCUT2D eigenvalue weighted by atomic mass is 32.2. The van der Waals surface area contributed by atoms with E-state index in [1.807, 2.05) is 11.8 Å². The molecule has 1 aliphatic heterocycles. The molecule has 1 atom stereocenters. The molecule has 1 heterocycles. The quantitative estimate of drug-likeness (QED) is 0.907. The highest BCUT2D eigenvalue weighted by molar-refractivity contribution is 8.00. The molecular formula is C15H23NOS. The largest absolute Gasteiger partial charge is 0.368 e. The minimum absolute atomic E-state index is 0.0155. The molecule has 18 heavy (non-hydrogen) atoms. The Bertz CT molecular complexity index is 411. The summed E-state index contributed by atoms with van der Waals surface area (Å²) in [5, 5.41) is 0.497. The minimum Gasteiger partial charge on any atom is -0.368 e. The predicted octanol–water partition coefficient (Wildman–Crippen LogP) is 3.58. The molecule has 2 rings (SSSR count). The summed E-state index contributed by atoms with van der Waals surface area (Å²) >= 11 is 1.91. The third-order valence-electron chi connectivity index (χ3n) is 3.43. The fraction of sp³-hybridized carbons (Fsp3) is 0.600. The maximum Gasteiger partial charge on any atom is 0.0756 e. The summed E-state index contributed by atoms with van der Waals surface area (Å²) in [5.74, 6) is 0. The van der Waals surface area contributed by atoms with E-state index in [4.69, 9.17) is 10.5 Å². The van der Waals surface area contributed by atoms with Gasteiger partial charge in [0, 0.05) is 16.7 Å². The van der Waals surface area contributed by atoms with Gasteiger partial charge in [0.15, 0.2) is 0 Å². The van der Waals surface area contributed by atoms with Crippen molar-refractivity contribution >= 4 is 11.8 Å². The summed E-state index contributed by atoms with van der Waals surface area (Å²) in [6.45, 7) is 9.33. The van der Waals surface area contributed by atoms with Crippen molar-refractivity contribution in [1.29, 1.82) is 0 Å². The average molecular weight is 265 g/mol. The number of nitrogens with two attached hydrogens (primary N) is 1. The summed E-state index contributed by atoms with van der Waals surface area (Å²) in [6.07, 6.45) is 1.09. The highest BCUT2D eigenvalue weighted by Crippen LogP contribution is 2.45. The second-order valence-electron chi connectivity index (χ2n) is 6.12. The van der Waals surface area contributed by atoms with Crippen LogP contribution in [0.1, 0.15) is 39.7 Å². The lowest BCUT2D eigenvalue weighted by Gasteiger charge is -2.27. The average Bonchev–Trinajstić information content (AvgIpc) is 2.48. The monoisotopic (exact) mass is 265 g/mol. The lowest BCUT2D eigenvalue weighted by Crippen LogP contribution is -2.30. The van der Waals surface area contributed by atoms with Gasteiger partial charge in [0.1, 0.15) is 0 Å². The van der Waals surface area contributed by atoms with Crippen molar-refractivity contribution in [3.8, 4) is 0 Å². The first-order valence-electron chi connectivity index (χ1n) is 6.48. The SMILES string of the molecule is CC1(C)CC(Sc2ccc(CN)cc2)C(C)(C)O1. The van der Waals surface area contributed by atoms with E-state index in [2.05, 4.69) is 52.0 Å². The lowest BCUT2D eigenvalue weighted by molar-refractivity contribution is -0.0631. The second kappa shape index (κ2) is 4.87. The van der Waals surface area contributed by atoms with Crippen LogP contribution in [-0.4, -0.2) is 16.5 Å². The van der Waals surface area contributed by atoms with Gasteiger partial charge in [-0.1, -0.05) is 12.1 Å². The molecule has 0 bridgehead atoms. The normalized spacial score (nSPS) is 25.3. The van der Waals surface area contributed by atoms with Gasteiger partial charge in [0.05, 0.1) is 11.2 Å². The number of hydrogen-bond donors (Lipinski definition) is 1. The van der Waals surface area contributed by atoms with Gasteiger partial charge in [-0.3, -0.25) is 0 Å². The van der Waals surface area contributed by atoms with E-state index in [0.29, 0.717) is 11.8 Å². The Labute approximate surface area is 114 Å². The summed E-state index contributed by atoms with van der Waals surface area (Å²) in [7, 11) is 0. The molecule has 100 valence electrons. The minimum atomic E-state index is -0.0687. The summed E-state index contributed by atoms with van der Waals surface area (Å²) < 4.78 is 6.13. The van der Waals surface area contributed by atoms with Gasteiger partial charge in [-0.25, -0.2) is 0 Å². The molecule has 1 fully saturated rings. The topological polar surface area (TPSA) is 35.2 Å². The summed E-state index contributed by atoms with van der Waals surface area (Å²) in [6, 6.07) is 8.54. The van der Waals surface area contributed by atoms with Crippen LogP contribution in [-0.2, 0) is 11.3 Å². The van der Waals surface area contributed by atoms with Gasteiger partial charge >= 0.3 is 0 Å². The van der Waals surface area contributed by atoms with Gasteiger partial charge in [-0.05, 0) is 51.8 Å². The number of benzene rings is 1. The van der Waals surface area contributed by atoms with Crippen LogP contribution in [0.25, 0.3) is 0 Å². The van der Waals surface area contributed by atoms with E-state index in [1.165, 1.54) is 10.5 Å². The standard InChI is InChI=1S/C15H23NOS/c1-14(2)9-13(15(3,4)17-14)18-12-7-5-11(10-16)6-8-12/h5-8,13H,9-10,16H2,1-4H3. The molecular weight excluding hydrogens is 242 g/mol. The molecule has 1 saturated heterocycles. The zero-order chi connectivity index (χ0) is 13.4. The van der Waals surface area contributed by atoms with Crippen LogP contribution in [0, 0.1) is 0 Å². The lowest BCUT2D eigenvalue weighted by atomic mass is 10.0. The fourth-order valence-electron chi connectivity index (χ4n) is 2.56. The number of hydrogen-bond acceptors (Lipinski definition) is 3. The van der Waals surface area contributed by atoms with Crippen LogP contribution in [0.3, 0.4) is 0 Å². The molecule has 0 spiro atoms. The van der Waals surface area contributed by atoms with Crippen molar-refractivity contribution in [3.05, 3.63) is 29.8 Å². The Balaban J connectivity index is 2.09. The highest BCUT2D eigenvalue weighted by Gasteiger charge is 2.46. The van der Waals surface area contributed by atoms with Crippen LogP contribution in [0.5, 0.6) is 0 Å². The Morgan fingerprint density at radius 2 is 1.83 bits per heavy atom. The van der Waals surface area contributed by atoms with E-state index in [-0.39, 0.29) is 11.2 Å². The zero-order valence-electron chi connectivity index (χ0n) is 11.7. The van der Waals surface area contributed by atoms with E-state index in [9.17, 15) is 0 Å². The van der Waals surface area contributed by atoms with Crippen LogP contribution >= 0.6 is 11.8 Å². The molecule has 1 aliphatic rings. The molecule has 0 saturated carbocycles. The maximum atomic E-state index is 6.13. The van der Waals surface area contributed by atoms with Crippen molar-refractivity contribution in [2.45, 2.75) is 62.0 Å². The molecule has 0 aliphatic carbocycles. The molecule has 2 nitrogen and oxygen atoms in total. The van der Waals surface area contributed by atoms with Crippen molar-refractivity contribution in [1.82, 2.24) is 0 Å². The van der Waals surface area contributed by atoms with Crippen LogP contribution in [0.4, 0.5) is 0 Å². The number of rotatable bonds is 3. The first kappa shape index (κ1) is 13.9. The summed E-state index contributed by atoms with van der Waals surface area (Å²) in [4.78, 5) is 1.30. The molecule has 0 radical (unpaired) electrons. The third-order valence-corrected chi connectivity index (χ3v) is 4.99. The zero-order valence-corrected chi connectivity index (χ0v) is 12.5. The Kier molecular flexibility index (Phi) is 3.77. The third kappa shape index (κ3) is 3.08. The van der Waals surface area contributed by atoms with Crippen molar-refractivity contribution in [2.24, 2.45) is 5.73 Å². The van der Waals surface area contributed by atoms with Crippen LogP contribution < -0.4 is 5.73 Å². The second-order valence-corrected chi connectivity index (χ2v) is 7.40. The molecule has 3 heteroatoms. The summed E-state index contributed by atoms with van der Waals surface area (Å²) in [5.41, 5.74) is 6.71. The van der Waals surface area contributed by atoms with E-state index < -0.39 is 0 Å². The van der Waals surface area contributed by atoms with Gasteiger partial charge in [-0.15, -0.1) is 11.8 Å². The predicted molar refractivity (Wildman–Crippen MR) is 77.8 cm³/mol. The smallest absolute Gasteiger partial charge is 0.0756 e. The first-order valence-corrected chi connectivity index (χ1v) is 7.36. The first-order chi connectivity index (χ1) is 8.32. The Morgan fingerprint density at radius 1 is 1.22 bits per heavy atom. The molecule has 0 amide bonds. The van der Waals surface area contributed by atoms with Crippen LogP contribution in [0.15, 0.2) is 29.2 Å². The molecule has 2 N–H and O–H groups in total. The van der Waals surface area contributed by atoms with E-state index in [0.717, 1.165) is 6.42 Å². The number of thioether (sulfide) groups is 1. The van der Waals surface area contributed by atoms with E-state index in [1.54, 1.807) is 0 Å². The van der Waals surface area contributed by atoms with Crippen molar-refractivity contribution in [2.75, 3.05) is 0 Å². The Hall–Kier alpha value is -0.510. The molecule has 1 aromatic carbocycles. The molecule has 1 aromatic rings. The van der Waals surface area contributed by atoms with Crippen LogP contribution in [0.2, 0.25) is 0 Å². The van der Waals surface area contributed by atoms with Crippen molar-refractivity contribution in [3.63, 3.8) is 0 Å². The van der Waals surface area contributed by atoms with E-state index >= 15 is 0 Å². The fourth-order valence-corrected chi connectivity index (χ4v) is 4.00. The number of ether oxygens (including phenoxy) is 1. The van der Waals surface area contributed by atoms with Gasteiger partial charge in [-0.2, -0.15) is 0 Å². The maximum absolute atomic E-state index is 6.13. The molecule has 0 aromatic heterocycles. The molecule has 1 unspecified atom stereocenters. The van der Waals surface area contributed by atoms with Gasteiger partial charge in [0.25, 0.3) is 0 Å². The van der Waals surface area contributed by atoms with Crippen molar-refractivity contribution < 1.29 is 4.74 Å². The Morgan fingerprint density at radius 3 is 2.28 bits per heavy atom.